The second kappa shape index (κ2) is 10.8. The van der Waals surface area contributed by atoms with Crippen LogP contribution < -0.4 is 5.32 Å². The predicted molar refractivity (Wildman–Crippen MR) is 103 cm³/mol. The summed E-state index contributed by atoms with van der Waals surface area (Å²) in [7, 11) is 0. The fourth-order valence-corrected chi connectivity index (χ4v) is 2.91. The van der Waals surface area contributed by atoms with Crippen LogP contribution in [0.1, 0.15) is 60.6 Å². The molecule has 2 aromatic rings. The molecule has 2 rings (SSSR count). The maximum Gasteiger partial charge on any atom is 0.252 e. The van der Waals surface area contributed by atoms with Crippen molar-refractivity contribution in [1.82, 2.24) is 5.32 Å². The van der Waals surface area contributed by atoms with Crippen molar-refractivity contribution in [3.63, 3.8) is 0 Å². The molecule has 0 saturated heterocycles. The maximum atomic E-state index is 14.1. The average Bonchev–Trinajstić information content (AvgIpc) is 2.66. The number of carbonyl (C=O) groups excluding carboxylic acids is 1. The Bertz CT molecular complexity index is 749. The largest absolute Gasteiger partial charge is 0.381 e. The normalized spacial score (nSPS) is 12.0. The number of hydrogen-bond donors (Lipinski definition) is 1. The van der Waals surface area contributed by atoms with Crippen molar-refractivity contribution in [3.8, 4) is 0 Å². The van der Waals surface area contributed by atoms with Crippen molar-refractivity contribution in [2.75, 3.05) is 13.2 Å². The van der Waals surface area contributed by atoms with Crippen molar-refractivity contribution in [2.45, 2.75) is 45.6 Å². The van der Waals surface area contributed by atoms with Gasteiger partial charge in [-0.3, -0.25) is 4.79 Å². The zero-order valence-electron chi connectivity index (χ0n) is 15.9. The van der Waals surface area contributed by atoms with Crippen molar-refractivity contribution >= 4 is 5.91 Å². The fraction of sp³-hybridized carbons (Fsp3) is 0.409. The first-order chi connectivity index (χ1) is 13.1. The van der Waals surface area contributed by atoms with Gasteiger partial charge in [0.25, 0.3) is 5.91 Å². The van der Waals surface area contributed by atoms with E-state index in [-0.39, 0.29) is 11.5 Å². The van der Waals surface area contributed by atoms with Gasteiger partial charge in [0.05, 0.1) is 12.6 Å². The Balaban J connectivity index is 2.07. The number of ether oxygens (including phenoxy) is 1. The number of rotatable bonds is 10. The van der Waals surface area contributed by atoms with Crippen molar-refractivity contribution in [2.24, 2.45) is 0 Å². The first kappa shape index (κ1) is 21.0. The molecular formula is C22H27F2NO2. The molecule has 0 aliphatic rings. The maximum absolute atomic E-state index is 14.1. The van der Waals surface area contributed by atoms with Crippen LogP contribution in [0.2, 0.25) is 0 Å². The first-order valence-electron chi connectivity index (χ1n) is 9.48. The number of hydrogen-bond acceptors (Lipinski definition) is 2. The molecule has 0 saturated carbocycles. The topological polar surface area (TPSA) is 38.3 Å². The Morgan fingerprint density at radius 3 is 2.59 bits per heavy atom. The van der Waals surface area contributed by atoms with E-state index in [1.165, 1.54) is 12.1 Å². The molecule has 0 fully saturated rings. The third kappa shape index (κ3) is 6.14. The van der Waals surface area contributed by atoms with E-state index in [0.29, 0.717) is 31.6 Å². The quantitative estimate of drug-likeness (QED) is 0.579. The van der Waals surface area contributed by atoms with Crippen LogP contribution >= 0.6 is 0 Å². The molecule has 2 aromatic carbocycles. The molecule has 1 amide bonds. The van der Waals surface area contributed by atoms with Gasteiger partial charge in [-0.05, 0) is 37.0 Å². The highest BCUT2D eigenvalue weighted by Crippen LogP contribution is 2.22. The highest BCUT2D eigenvalue weighted by molar-refractivity contribution is 5.96. The SMILES string of the molecule is CCCCOCCc1ccccc1C(=O)NC(CC)c1ccc(F)cc1F. The summed E-state index contributed by atoms with van der Waals surface area (Å²) < 4.78 is 32.8. The van der Waals surface area contributed by atoms with Gasteiger partial charge < -0.3 is 10.1 Å². The van der Waals surface area contributed by atoms with Crippen LogP contribution in [0, 0.1) is 11.6 Å². The van der Waals surface area contributed by atoms with Gasteiger partial charge in [-0.15, -0.1) is 0 Å². The predicted octanol–water partition coefficient (Wildman–Crippen LogP) is 5.21. The summed E-state index contributed by atoms with van der Waals surface area (Å²) in [6.07, 6.45) is 3.23. The van der Waals surface area contributed by atoms with Crippen LogP contribution in [0.5, 0.6) is 0 Å². The lowest BCUT2D eigenvalue weighted by Crippen LogP contribution is -2.29. The minimum atomic E-state index is -0.653. The molecule has 0 aliphatic heterocycles. The number of halogens is 2. The van der Waals surface area contributed by atoms with Crippen molar-refractivity contribution < 1.29 is 18.3 Å². The van der Waals surface area contributed by atoms with Crippen LogP contribution in [0.15, 0.2) is 42.5 Å². The Hall–Kier alpha value is -2.27. The van der Waals surface area contributed by atoms with E-state index in [1.54, 1.807) is 12.1 Å². The van der Waals surface area contributed by atoms with Crippen LogP contribution in [-0.2, 0) is 11.2 Å². The third-order valence-electron chi connectivity index (χ3n) is 4.47. The molecule has 0 aliphatic carbocycles. The summed E-state index contributed by atoms with van der Waals surface area (Å²) in [5.41, 5.74) is 1.73. The van der Waals surface area contributed by atoms with Gasteiger partial charge in [-0.25, -0.2) is 8.78 Å². The van der Waals surface area contributed by atoms with Crippen LogP contribution in [0.25, 0.3) is 0 Å². The van der Waals surface area contributed by atoms with Gasteiger partial charge in [-0.1, -0.05) is 44.5 Å². The van der Waals surface area contributed by atoms with Gasteiger partial charge in [0.1, 0.15) is 11.6 Å². The molecule has 0 aromatic heterocycles. The fourth-order valence-electron chi connectivity index (χ4n) is 2.91. The van der Waals surface area contributed by atoms with Crippen molar-refractivity contribution in [1.29, 1.82) is 0 Å². The molecule has 27 heavy (non-hydrogen) atoms. The molecule has 3 nitrogen and oxygen atoms in total. The molecule has 0 bridgehead atoms. The lowest BCUT2D eigenvalue weighted by Gasteiger charge is -2.19. The second-order valence-electron chi connectivity index (χ2n) is 6.47. The molecular weight excluding hydrogens is 348 g/mol. The smallest absolute Gasteiger partial charge is 0.252 e. The molecule has 5 heteroatoms. The van der Waals surface area contributed by atoms with E-state index in [1.807, 2.05) is 19.1 Å². The van der Waals surface area contributed by atoms with Gasteiger partial charge in [0.2, 0.25) is 0 Å². The Labute approximate surface area is 159 Å². The van der Waals surface area contributed by atoms with Gasteiger partial charge >= 0.3 is 0 Å². The summed E-state index contributed by atoms with van der Waals surface area (Å²) in [5.74, 6) is -1.56. The minimum absolute atomic E-state index is 0.269. The summed E-state index contributed by atoms with van der Waals surface area (Å²) in [5, 5.41) is 2.87. The summed E-state index contributed by atoms with van der Waals surface area (Å²) in [6, 6.07) is 10.2. The van der Waals surface area contributed by atoms with E-state index in [2.05, 4.69) is 12.2 Å². The Morgan fingerprint density at radius 1 is 1.11 bits per heavy atom. The molecule has 1 unspecified atom stereocenters. The number of nitrogens with one attached hydrogen (secondary N) is 1. The zero-order chi connectivity index (χ0) is 19.6. The first-order valence-corrected chi connectivity index (χ1v) is 9.48. The molecule has 1 N–H and O–H groups in total. The lowest BCUT2D eigenvalue weighted by molar-refractivity contribution is 0.0932. The van der Waals surface area contributed by atoms with Gasteiger partial charge in [0.15, 0.2) is 0 Å². The number of amides is 1. The summed E-state index contributed by atoms with van der Waals surface area (Å²) in [6.45, 7) is 5.22. The highest BCUT2D eigenvalue weighted by Gasteiger charge is 2.19. The van der Waals surface area contributed by atoms with Crippen LogP contribution in [0.4, 0.5) is 8.78 Å². The molecule has 1 atom stereocenters. The van der Waals surface area contributed by atoms with Crippen LogP contribution in [-0.4, -0.2) is 19.1 Å². The zero-order valence-corrected chi connectivity index (χ0v) is 15.9. The Morgan fingerprint density at radius 2 is 1.89 bits per heavy atom. The van der Waals surface area contributed by atoms with E-state index < -0.39 is 17.7 Å². The average molecular weight is 375 g/mol. The molecule has 0 spiro atoms. The van der Waals surface area contributed by atoms with E-state index in [9.17, 15) is 13.6 Å². The van der Waals surface area contributed by atoms with E-state index >= 15 is 0 Å². The standard InChI is InChI=1S/C22H27F2NO2/c1-3-5-13-27-14-12-16-8-6-7-9-18(16)22(26)25-21(4-2)19-11-10-17(23)15-20(19)24/h6-11,15,21H,3-5,12-14H2,1-2H3,(H,25,26). The minimum Gasteiger partial charge on any atom is -0.381 e. The Kier molecular flexibility index (Phi) is 8.40. The van der Waals surface area contributed by atoms with Crippen LogP contribution in [0.3, 0.4) is 0 Å². The summed E-state index contributed by atoms with van der Waals surface area (Å²) in [4.78, 5) is 12.8. The van der Waals surface area contributed by atoms with E-state index in [4.69, 9.17) is 4.74 Å². The lowest BCUT2D eigenvalue weighted by atomic mass is 10.0. The summed E-state index contributed by atoms with van der Waals surface area (Å²) >= 11 is 0. The molecule has 0 radical (unpaired) electrons. The number of carbonyl (C=O) groups is 1. The van der Waals surface area contributed by atoms with Gasteiger partial charge in [-0.2, -0.15) is 0 Å². The molecule has 146 valence electrons. The highest BCUT2D eigenvalue weighted by atomic mass is 19.1. The second-order valence-corrected chi connectivity index (χ2v) is 6.47. The molecule has 0 heterocycles. The number of unbranched alkanes of at least 4 members (excludes halogenated alkanes) is 1. The third-order valence-corrected chi connectivity index (χ3v) is 4.47. The van der Waals surface area contributed by atoms with Crippen molar-refractivity contribution in [3.05, 3.63) is 70.8 Å². The van der Waals surface area contributed by atoms with E-state index in [0.717, 1.165) is 24.5 Å². The van der Waals surface area contributed by atoms with Gasteiger partial charge in [0, 0.05) is 23.8 Å². The monoisotopic (exact) mass is 375 g/mol. The number of benzene rings is 2.